The summed E-state index contributed by atoms with van der Waals surface area (Å²) in [7, 11) is 3.23. The van der Waals surface area contributed by atoms with Gasteiger partial charge in [-0.3, -0.25) is 4.79 Å². The molecule has 3 aromatic carbocycles. The first-order valence-corrected chi connectivity index (χ1v) is 10.8. The molecule has 7 nitrogen and oxygen atoms in total. The molecule has 0 saturated heterocycles. The number of hydrogen-bond acceptors (Lipinski definition) is 6. The van der Waals surface area contributed by atoms with Gasteiger partial charge in [0, 0.05) is 13.1 Å². The monoisotopic (exact) mass is 470 g/mol. The van der Waals surface area contributed by atoms with Crippen LogP contribution in [0.5, 0.6) is 23.0 Å². The smallest absolute Gasteiger partial charge is 0.252 e. The minimum Gasteiger partial charge on any atom is -0.497 e. The predicted octanol–water partition coefficient (Wildman–Crippen LogP) is 4.20. The summed E-state index contributed by atoms with van der Waals surface area (Å²) in [5.74, 6) is 1.90. The van der Waals surface area contributed by atoms with Crippen LogP contribution in [0.4, 0.5) is 0 Å². The number of halogens is 1. The quantitative estimate of drug-likeness (QED) is 0.436. The zero-order valence-corrected chi connectivity index (χ0v) is 19.4. The normalized spacial score (nSPS) is 10.4. The number of benzene rings is 3. The van der Waals surface area contributed by atoms with E-state index in [1.165, 1.54) is 0 Å². The Morgan fingerprint density at radius 2 is 1.39 bits per heavy atom. The molecule has 174 valence electrons. The molecule has 0 aromatic heterocycles. The fraction of sp³-hybridized carbons (Fsp3) is 0.240. The average Bonchev–Trinajstić information content (AvgIpc) is 2.86. The molecule has 0 unspecified atom stereocenters. The van der Waals surface area contributed by atoms with Crippen LogP contribution < -0.4 is 30.0 Å². The first-order chi connectivity index (χ1) is 16.0. The summed E-state index contributed by atoms with van der Waals surface area (Å²) >= 11 is 6.59. The van der Waals surface area contributed by atoms with Crippen LogP contribution in [0.3, 0.4) is 0 Å². The Hall–Kier alpha value is -3.42. The van der Waals surface area contributed by atoms with Gasteiger partial charge >= 0.3 is 0 Å². The van der Waals surface area contributed by atoms with E-state index in [4.69, 9.17) is 36.3 Å². The van der Waals surface area contributed by atoms with E-state index in [0.717, 1.165) is 22.6 Å². The Morgan fingerprint density at radius 1 is 0.848 bits per heavy atom. The molecule has 0 radical (unpaired) electrons. The Bertz CT molecular complexity index is 1060. The minimum absolute atomic E-state index is 0.172. The molecule has 0 saturated carbocycles. The van der Waals surface area contributed by atoms with E-state index >= 15 is 0 Å². The molecule has 33 heavy (non-hydrogen) atoms. The molecule has 8 heteroatoms. The van der Waals surface area contributed by atoms with Crippen LogP contribution in [0.2, 0.25) is 5.02 Å². The van der Waals surface area contributed by atoms with Crippen LogP contribution in [0.25, 0.3) is 0 Å². The highest BCUT2D eigenvalue weighted by atomic mass is 35.5. The van der Waals surface area contributed by atoms with Crippen molar-refractivity contribution in [2.75, 3.05) is 27.3 Å². The second-order valence-electron chi connectivity index (χ2n) is 7.07. The van der Waals surface area contributed by atoms with Gasteiger partial charge in [0.2, 0.25) is 0 Å². The number of nitrogens with two attached hydrogens (primary N) is 1. The topological polar surface area (TPSA) is 92.0 Å². The number of amides is 1. The third-order valence-corrected chi connectivity index (χ3v) is 5.21. The molecule has 0 spiro atoms. The van der Waals surface area contributed by atoms with Gasteiger partial charge in [0.25, 0.3) is 5.91 Å². The van der Waals surface area contributed by atoms with Crippen LogP contribution in [0, 0.1) is 0 Å². The lowest BCUT2D eigenvalue weighted by Gasteiger charge is -2.17. The maximum absolute atomic E-state index is 12.5. The van der Waals surface area contributed by atoms with Crippen molar-refractivity contribution in [3.63, 3.8) is 0 Å². The summed E-state index contributed by atoms with van der Waals surface area (Å²) in [5.41, 5.74) is 7.62. The van der Waals surface area contributed by atoms with E-state index in [1.807, 2.05) is 48.5 Å². The molecule has 3 rings (SSSR count). The van der Waals surface area contributed by atoms with Crippen LogP contribution in [0.15, 0.2) is 60.7 Å². The Kier molecular flexibility index (Phi) is 8.80. The van der Waals surface area contributed by atoms with Crippen molar-refractivity contribution in [2.24, 2.45) is 5.73 Å². The molecule has 0 heterocycles. The first-order valence-electron chi connectivity index (χ1n) is 10.4. The lowest BCUT2D eigenvalue weighted by Crippen LogP contribution is -2.29. The minimum atomic E-state index is -0.332. The number of carbonyl (C=O) groups is 1. The fourth-order valence-corrected chi connectivity index (χ4v) is 3.30. The summed E-state index contributed by atoms with van der Waals surface area (Å²) in [6.45, 7) is 1.19. The second-order valence-corrected chi connectivity index (χ2v) is 7.45. The van der Waals surface area contributed by atoms with Gasteiger partial charge in [-0.2, -0.15) is 0 Å². The fourth-order valence-electron chi connectivity index (χ4n) is 3.00. The highest BCUT2D eigenvalue weighted by Gasteiger charge is 2.19. The Morgan fingerprint density at radius 3 is 1.91 bits per heavy atom. The lowest BCUT2D eigenvalue weighted by atomic mass is 10.1. The molecular weight excluding hydrogens is 444 g/mol. The van der Waals surface area contributed by atoms with Crippen molar-refractivity contribution >= 4 is 17.5 Å². The zero-order chi connectivity index (χ0) is 23.6. The molecule has 3 N–H and O–H groups in total. The highest BCUT2D eigenvalue weighted by Crippen LogP contribution is 2.39. The molecule has 0 aliphatic carbocycles. The van der Waals surface area contributed by atoms with Crippen molar-refractivity contribution < 1.29 is 23.7 Å². The van der Waals surface area contributed by atoms with Gasteiger partial charge in [-0.05, 0) is 47.5 Å². The number of hydrogen-bond donors (Lipinski definition) is 2. The average molecular weight is 471 g/mol. The summed E-state index contributed by atoms with van der Waals surface area (Å²) < 4.78 is 22.4. The Balaban J connectivity index is 1.82. The van der Waals surface area contributed by atoms with Crippen molar-refractivity contribution in [3.05, 3.63) is 82.4 Å². The van der Waals surface area contributed by atoms with Gasteiger partial charge in [-0.1, -0.05) is 35.9 Å². The maximum atomic E-state index is 12.5. The molecule has 0 aliphatic rings. The molecule has 3 aromatic rings. The first kappa shape index (κ1) is 24.2. The van der Waals surface area contributed by atoms with Crippen LogP contribution >= 0.6 is 11.6 Å². The van der Waals surface area contributed by atoms with E-state index in [0.29, 0.717) is 24.6 Å². The van der Waals surface area contributed by atoms with E-state index in [9.17, 15) is 4.79 Å². The Labute approximate surface area is 198 Å². The molecule has 0 aliphatic heterocycles. The van der Waals surface area contributed by atoms with Gasteiger partial charge in [-0.15, -0.1) is 0 Å². The van der Waals surface area contributed by atoms with Crippen LogP contribution in [-0.4, -0.2) is 33.2 Å². The summed E-state index contributed by atoms with van der Waals surface area (Å²) in [6, 6.07) is 18.3. The van der Waals surface area contributed by atoms with Gasteiger partial charge in [-0.25, -0.2) is 0 Å². The third kappa shape index (κ3) is 6.54. The van der Waals surface area contributed by atoms with Gasteiger partial charge in [0.1, 0.15) is 24.7 Å². The van der Waals surface area contributed by atoms with Crippen LogP contribution in [-0.2, 0) is 13.2 Å². The summed E-state index contributed by atoms with van der Waals surface area (Å²) in [4.78, 5) is 12.5. The lowest BCUT2D eigenvalue weighted by molar-refractivity contribution is 0.0954. The standard InChI is InChI=1S/C25H27ClN2O5/c1-30-19-7-3-17(4-8-19)15-32-22-12-11-21(25(29)28-14-13-27)23(26)24(22)33-16-18-5-9-20(31-2)10-6-18/h3-12H,13-16,27H2,1-2H3,(H,28,29). The van der Waals surface area contributed by atoms with Crippen LogP contribution in [0.1, 0.15) is 21.5 Å². The van der Waals surface area contributed by atoms with E-state index < -0.39 is 0 Å². The molecule has 0 fully saturated rings. The maximum Gasteiger partial charge on any atom is 0.252 e. The van der Waals surface area contributed by atoms with E-state index in [-0.39, 0.29) is 29.7 Å². The molecule has 1 amide bonds. The molecular formula is C25H27ClN2O5. The van der Waals surface area contributed by atoms with Gasteiger partial charge < -0.3 is 30.0 Å². The van der Waals surface area contributed by atoms with Crippen molar-refractivity contribution in [2.45, 2.75) is 13.2 Å². The number of rotatable bonds is 11. The van der Waals surface area contributed by atoms with Gasteiger partial charge in [0.15, 0.2) is 11.5 Å². The largest absolute Gasteiger partial charge is 0.497 e. The van der Waals surface area contributed by atoms with Crippen molar-refractivity contribution in [1.29, 1.82) is 0 Å². The molecule has 0 atom stereocenters. The van der Waals surface area contributed by atoms with Crippen molar-refractivity contribution in [1.82, 2.24) is 5.32 Å². The summed E-state index contributed by atoms with van der Waals surface area (Å²) in [6.07, 6.45) is 0. The van der Waals surface area contributed by atoms with Crippen molar-refractivity contribution in [3.8, 4) is 23.0 Å². The second kappa shape index (κ2) is 12.0. The number of carbonyl (C=O) groups excluding carboxylic acids is 1. The number of ether oxygens (including phenoxy) is 4. The van der Waals surface area contributed by atoms with Gasteiger partial charge in [0.05, 0.1) is 24.8 Å². The third-order valence-electron chi connectivity index (χ3n) is 4.83. The number of nitrogens with one attached hydrogen (secondary N) is 1. The molecule has 0 bridgehead atoms. The number of methoxy groups -OCH3 is 2. The van der Waals surface area contributed by atoms with E-state index in [1.54, 1.807) is 26.4 Å². The SMILES string of the molecule is COc1ccc(COc2ccc(C(=O)NCCN)c(Cl)c2OCc2ccc(OC)cc2)cc1. The predicted molar refractivity (Wildman–Crippen MR) is 127 cm³/mol. The zero-order valence-electron chi connectivity index (χ0n) is 18.6. The highest BCUT2D eigenvalue weighted by molar-refractivity contribution is 6.35. The summed E-state index contributed by atoms with van der Waals surface area (Å²) in [5, 5.41) is 2.89. The van der Waals surface area contributed by atoms with E-state index in [2.05, 4.69) is 5.32 Å².